The van der Waals surface area contributed by atoms with Crippen LogP contribution in [0.4, 0.5) is 4.79 Å². The quantitative estimate of drug-likeness (QED) is 0.251. The average Bonchev–Trinajstić information content (AvgIpc) is 2.77. The van der Waals surface area contributed by atoms with Crippen LogP contribution in [0.1, 0.15) is 111 Å². The van der Waals surface area contributed by atoms with Gasteiger partial charge in [-0.25, -0.2) is 0 Å². The van der Waals surface area contributed by atoms with Gasteiger partial charge in [0.05, 0.1) is 0 Å². The molecule has 1 fully saturated rings. The SMILES string of the molecule is CCC[CH2][Sn]([CH2]CCC)([CH2]CCC)[C@H]1C[C@H](c2ccccc2)C[C@H](C)N1C(=O)OC(C)(C)C. The van der Waals surface area contributed by atoms with Gasteiger partial charge in [-0.2, -0.15) is 0 Å². The van der Waals surface area contributed by atoms with Gasteiger partial charge in [0.25, 0.3) is 0 Å². The van der Waals surface area contributed by atoms with E-state index in [0.29, 0.717) is 9.98 Å². The summed E-state index contributed by atoms with van der Waals surface area (Å²) in [5.41, 5.74) is 1.01. The molecule has 1 amide bonds. The topological polar surface area (TPSA) is 29.5 Å². The molecule has 0 aromatic heterocycles. The Balaban J connectivity index is 2.53. The van der Waals surface area contributed by atoms with Gasteiger partial charge in [-0.15, -0.1) is 0 Å². The molecule has 0 saturated carbocycles. The van der Waals surface area contributed by atoms with Gasteiger partial charge < -0.3 is 0 Å². The van der Waals surface area contributed by atoms with Gasteiger partial charge in [0.15, 0.2) is 0 Å². The number of piperidine rings is 1. The fourth-order valence-corrected chi connectivity index (χ4v) is 24.9. The minimum atomic E-state index is -2.73. The van der Waals surface area contributed by atoms with Crippen molar-refractivity contribution in [2.45, 2.75) is 135 Å². The molecule has 1 heterocycles. The van der Waals surface area contributed by atoms with Crippen LogP contribution in [0.5, 0.6) is 0 Å². The standard InChI is InChI=1S/C17H24NO2.3C4H9.Sn/c1-13-12-15(14-8-6-5-7-9-14)10-11-18(13)16(19)20-17(2,3)4;3*1-3-4-2;/h5-9,11,13,15H,10,12H2,1-4H3;3*1,3-4H2,2H3;/t13-,15-;;;;/m0..../s1. The summed E-state index contributed by atoms with van der Waals surface area (Å²) in [6.07, 6.45) is 9.87. The molecule has 0 spiro atoms. The Morgan fingerprint density at radius 2 is 1.45 bits per heavy atom. The predicted octanol–water partition coefficient (Wildman–Crippen LogP) is 8.95. The molecule has 4 heteroatoms. The van der Waals surface area contributed by atoms with E-state index >= 15 is 0 Å². The van der Waals surface area contributed by atoms with E-state index in [2.05, 4.69) is 62.9 Å². The summed E-state index contributed by atoms with van der Waals surface area (Å²) < 4.78 is 10.7. The van der Waals surface area contributed by atoms with E-state index in [1.807, 2.05) is 20.8 Å². The van der Waals surface area contributed by atoms with Crippen LogP contribution >= 0.6 is 0 Å². The summed E-state index contributed by atoms with van der Waals surface area (Å²) in [6, 6.07) is 11.3. The first-order chi connectivity index (χ1) is 15.7. The third kappa shape index (κ3) is 8.18. The first-order valence-electron chi connectivity index (χ1n) is 13.7. The Hall–Kier alpha value is -0.711. The van der Waals surface area contributed by atoms with Crippen molar-refractivity contribution in [2.75, 3.05) is 0 Å². The molecule has 1 saturated heterocycles. The summed E-state index contributed by atoms with van der Waals surface area (Å²) in [5, 5.41) is 0. The van der Waals surface area contributed by atoms with Crippen molar-refractivity contribution < 1.29 is 9.53 Å². The van der Waals surface area contributed by atoms with Crippen LogP contribution in [0.2, 0.25) is 13.3 Å². The number of hydrogen-bond donors (Lipinski definition) is 0. The number of rotatable bonds is 11. The van der Waals surface area contributed by atoms with Gasteiger partial charge in [-0.3, -0.25) is 0 Å². The molecule has 3 atom stereocenters. The first kappa shape index (κ1) is 28.5. The molecule has 2 rings (SSSR count). The number of ether oxygens (including phenoxy) is 1. The second-order valence-corrected chi connectivity index (χ2v) is 25.5. The average molecular weight is 564 g/mol. The molecule has 1 aromatic carbocycles. The van der Waals surface area contributed by atoms with Crippen LogP contribution in [0.15, 0.2) is 30.3 Å². The van der Waals surface area contributed by atoms with Gasteiger partial charge in [0.1, 0.15) is 0 Å². The predicted molar refractivity (Wildman–Crippen MR) is 145 cm³/mol. The summed E-state index contributed by atoms with van der Waals surface area (Å²) in [7, 11) is 0. The summed E-state index contributed by atoms with van der Waals surface area (Å²) >= 11 is -2.73. The summed E-state index contributed by atoms with van der Waals surface area (Å²) in [4.78, 5) is 16.0. The molecule has 0 N–H and O–H groups in total. The zero-order chi connectivity index (χ0) is 24.5. The van der Waals surface area contributed by atoms with Crippen LogP contribution < -0.4 is 0 Å². The van der Waals surface area contributed by atoms with Crippen molar-refractivity contribution in [3.05, 3.63) is 35.9 Å². The third-order valence-electron chi connectivity index (χ3n) is 7.61. The molecular weight excluding hydrogens is 513 g/mol. The third-order valence-corrected chi connectivity index (χ3v) is 24.7. The van der Waals surface area contributed by atoms with Crippen LogP contribution in [-0.2, 0) is 4.74 Å². The van der Waals surface area contributed by atoms with Gasteiger partial charge in [-0.1, -0.05) is 0 Å². The number of amides is 1. The summed E-state index contributed by atoms with van der Waals surface area (Å²) in [5.74, 6) is 0.547. The van der Waals surface area contributed by atoms with Crippen LogP contribution in [0, 0.1) is 0 Å². The van der Waals surface area contributed by atoms with E-state index in [-0.39, 0.29) is 12.1 Å². The number of benzene rings is 1. The van der Waals surface area contributed by atoms with Crippen LogP contribution in [-0.4, -0.2) is 45.1 Å². The van der Waals surface area contributed by atoms with Gasteiger partial charge in [0.2, 0.25) is 0 Å². The Kier molecular flexibility index (Phi) is 11.6. The monoisotopic (exact) mass is 565 g/mol. The first-order valence-corrected chi connectivity index (χ1v) is 21.4. The molecule has 1 aliphatic rings. The van der Waals surface area contributed by atoms with Crippen molar-refractivity contribution in [2.24, 2.45) is 0 Å². The molecule has 1 aliphatic heterocycles. The van der Waals surface area contributed by atoms with E-state index in [9.17, 15) is 4.79 Å². The molecule has 0 bridgehead atoms. The summed E-state index contributed by atoms with van der Waals surface area (Å²) in [6.45, 7) is 15.3. The molecule has 33 heavy (non-hydrogen) atoms. The van der Waals surface area contributed by atoms with Gasteiger partial charge in [0, 0.05) is 0 Å². The van der Waals surface area contributed by atoms with Gasteiger partial charge >= 0.3 is 210 Å². The van der Waals surface area contributed by atoms with E-state index in [1.165, 1.54) is 57.4 Å². The van der Waals surface area contributed by atoms with Crippen LogP contribution in [0.3, 0.4) is 0 Å². The van der Waals surface area contributed by atoms with Crippen molar-refractivity contribution >= 4 is 24.5 Å². The molecule has 0 unspecified atom stereocenters. The van der Waals surface area contributed by atoms with Crippen molar-refractivity contribution in [1.29, 1.82) is 0 Å². The number of likely N-dealkylation sites (tertiary alicyclic amines) is 1. The number of nitrogens with zero attached hydrogens (tertiary/aromatic N) is 1. The second kappa shape index (κ2) is 13.4. The normalized spacial score (nSPS) is 21.8. The van der Waals surface area contributed by atoms with E-state index < -0.39 is 24.0 Å². The van der Waals surface area contributed by atoms with Crippen molar-refractivity contribution in [3.63, 3.8) is 0 Å². The zero-order valence-electron chi connectivity index (χ0n) is 22.7. The van der Waals surface area contributed by atoms with E-state index in [1.54, 1.807) is 0 Å². The van der Waals surface area contributed by atoms with Crippen molar-refractivity contribution in [3.8, 4) is 0 Å². The van der Waals surface area contributed by atoms with Crippen molar-refractivity contribution in [1.82, 2.24) is 4.90 Å². The molecule has 188 valence electrons. The second-order valence-electron chi connectivity index (χ2n) is 11.5. The molecule has 0 radical (unpaired) electrons. The maximum absolute atomic E-state index is 13.7. The fourth-order valence-electron chi connectivity index (χ4n) is 5.94. The maximum atomic E-state index is 13.7. The Bertz CT molecular complexity index is 678. The molecule has 1 aromatic rings. The van der Waals surface area contributed by atoms with Gasteiger partial charge in [-0.05, 0) is 0 Å². The number of carbonyl (C=O) groups is 1. The molecule has 0 aliphatic carbocycles. The van der Waals surface area contributed by atoms with Crippen LogP contribution in [0.25, 0.3) is 0 Å². The number of unbranched alkanes of at least 4 members (excludes halogenated alkanes) is 3. The van der Waals surface area contributed by atoms with E-state index in [4.69, 9.17) is 4.74 Å². The number of hydrogen-bond acceptors (Lipinski definition) is 2. The Morgan fingerprint density at radius 1 is 0.939 bits per heavy atom. The fraction of sp³-hybridized carbons (Fsp3) is 0.759. The number of carbonyl (C=O) groups excluding carboxylic acids is 1. The Labute approximate surface area is 208 Å². The van der Waals surface area contributed by atoms with E-state index in [0.717, 1.165) is 12.8 Å². The Morgan fingerprint density at radius 3 is 1.91 bits per heavy atom. The minimum absolute atomic E-state index is 0.0583. The molecular formula is C29H51NO2Sn. The zero-order valence-corrected chi connectivity index (χ0v) is 25.5. The molecule has 3 nitrogen and oxygen atoms in total.